The van der Waals surface area contributed by atoms with Crippen LogP contribution in [-0.2, 0) is 27.8 Å². The molecule has 15 heteroatoms. The summed E-state index contributed by atoms with van der Waals surface area (Å²) in [4.78, 5) is 39.0. The molecule has 0 radical (unpaired) electrons. The second kappa shape index (κ2) is 15.4. The topological polar surface area (TPSA) is 147 Å². The van der Waals surface area contributed by atoms with Crippen LogP contribution >= 0.6 is 7.75 Å². The van der Waals surface area contributed by atoms with Gasteiger partial charge < -0.3 is 18.4 Å². The number of nitrogens with one attached hydrogen (secondary N) is 2. The Bertz CT molecular complexity index is 1410. The molecule has 1 saturated heterocycles. The van der Waals surface area contributed by atoms with Crippen LogP contribution in [0.25, 0.3) is 0 Å². The Morgan fingerprint density at radius 1 is 1.23 bits per heavy atom. The number of para-hydroxylation sites is 1. The van der Waals surface area contributed by atoms with E-state index >= 15 is 4.39 Å². The maximum absolute atomic E-state index is 16.8. The van der Waals surface area contributed by atoms with E-state index in [1.165, 1.54) is 13.8 Å². The van der Waals surface area contributed by atoms with Crippen molar-refractivity contribution in [2.45, 2.75) is 89.3 Å². The molecule has 3 unspecified atom stereocenters. The molecule has 1 aliphatic rings. The molecule has 12 nitrogen and oxygen atoms in total. The minimum Gasteiger partial charge on any atom is -0.464 e. The molecule has 1 aromatic heterocycles. The van der Waals surface area contributed by atoms with Gasteiger partial charge in [0, 0.05) is 12.3 Å². The van der Waals surface area contributed by atoms with Crippen LogP contribution in [0.3, 0.4) is 0 Å². The first kappa shape index (κ1) is 35.6. The highest BCUT2D eigenvalue weighted by atomic mass is 31.2. The average Bonchev–Trinajstić information content (AvgIpc) is 3.23. The molecule has 2 aromatic rings. The Hall–Kier alpha value is -2.87. The van der Waals surface area contributed by atoms with Crippen molar-refractivity contribution in [1.29, 1.82) is 0 Å². The number of ether oxygens (including phenoxy) is 2. The summed E-state index contributed by atoms with van der Waals surface area (Å²) >= 11 is 0. The van der Waals surface area contributed by atoms with Crippen LogP contribution in [0.1, 0.15) is 47.3 Å². The molecule has 2 heterocycles. The van der Waals surface area contributed by atoms with Gasteiger partial charge in [0.05, 0.1) is 13.2 Å². The van der Waals surface area contributed by atoms with E-state index in [9.17, 15) is 18.9 Å². The second-order valence-corrected chi connectivity index (χ2v) is 17.2. The minimum absolute atomic E-state index is 0.0898. The van der Waals surface area contributed by atoms with Gasteiger partial charge in [-0.1, -0.05) is 45.0 Å². The van der Waals surface area contributed by atoms with Gasteiger partial charge in [0.15, 0.2) is 20.2 Å². The standard InChI is InChI=1S/C29H43FN3O9PSi/c1-7-11-19-38-26(35)21(5)32-43(37,41-22-15-13-12-14-16-22)39-20-23-25(42-44(8-2,9-3)10-4)29(6,30)27(40-23)33-18-17-24(34)31-28(33)36/h7,12-18,21,23,25,27H,1,8-11,19-20H2,2-6H3,(H,32,37)(H,31,34,36)/t21-,23?,25+,27?,29+,43?/m0/s1. The van der Waals surface area contributed by atoms with Gasteiger partial charge in [0.1, 0.15) is 24.0 Å². The number of rotatable bonds is 17. The van der Waals surface area contributed by atoms with Gasteiger partial charge in [-0.25, -0.2) is 13.8 Å². The largest absolute Gasteiger partial charge is 0.464 e. The predicted octanol–water partition coefficient (Wildman–Crippen LogP) is 4.85. The van der Waals surface area contributed by atoms with Crippen LogP contribution in [0.5, 0.6) is 5.75 Å². The van der Waals surface area contributed by atoms with Crippen LogP contribution in [0.4, 0.5) is 4.39 Å². The molecule has 0 spiro atoms. The number of benzene rings is 1. The molecular formula is C29H43FN3O9PSi. The first-order valence-corrected chi connectivity index (χ1v) is 18.8. The van der Waals surface area contributed by atoms with Crippen molar-refractivity contribution in [2.75, 3.05) is 13.2 Å². The summed E-state index contributed by atoms with van der Waals surface area (Å²) in [7, 11) is -6.79. The number of carbonyl (C=O) groups excluding carboxylic acids is 1. The molecule has 1 aliphatic heterocycles. The van der Waals surface area contributed by atoms with Crippen molar-refractivity contribution in [1.82, 2.24) is 14.6 Å². The van der Waals surface area contributed by atoms with Crippen LogP contribution in [0, 0.1) is 0 Å². The lowest BCUT2D eigenvalue weighted by atomic mass is 9.98. The molecule has 2 N–H and O–H groups in total. The number of halogens is 1. The van der Waals surface area contributed by atoms with Gasteiger partial charge >= 0.3 is 19.4 Å². The van der Waals surface area contributed by atoms with Crippen LogP contribution in [-0.4, -0.2) is 61.0 Å². The monoisotopic (exact) mass is 655 g/mol. The van der Waals surface area contributed by atoms with Crippen molar-refractivity contribution < 1.29 is 36.7 Å². The van der Waals surface area contributed by atoms with Crippen LogP contribution < -0.4 is 20.9 Å². The first-order valence-electron chi connectivity index (χ1n) is 14.7. The molecule has 1 fully saturated rings. The SMILES string of the molecule is C=CCCOC(=O)[C@H](C)NP(=O)(OCC1OC(n2ccc(=O)[nH]c2=O)[C@](C)(F)[C@@H]1O[Si](CC)(CC)CC)Oc1ccccc1. The number of carbonyl (C=O) groups is 1. The van der Waals surface area contributed by atoms with Crippen molar-refractivity contribution >= 4 is 22.0 Å². The number of H-pyrrole nitrogens is 1. The summed E-state index contributed by atoms with van der Waals surface area (Å²) in [5.41, 5.74) is -3.78. The fourth-order valence-electron chi connectivity index (χ4n) is 4.95. The fourth-order valence-corrected chi connectivity index (χ4v) is 9.37. The number of esters is 1. The van der Waals surface area contributed by atoms with E-state index in [2.05, 4.69) is 16.7 Å². The van der Waals surface area contributed by atoms with Crippen molar-refractivity contribution in [2.24, 2.45) is 0 Å². The van der Waals surface area contributed by atoms with Crippen molar-refractivity contribution in [3.05, 3.63) is 76.1 Å². The van der Waals surface area contributed by atoms with E-state index in [-0.39, 0.29) is 12.4 Å². The molecule has 0 saturated carbocycles. The summed E-state index contributed by atoms with van der Waals surface area (Å²) in [5, 5.41) is 2.60. The van der Waals surface area contributed by atoms with E-state index < -0.39 is 70.0 Å². The first-order chi connectivity index (χ1) is 20.8. The highest BCUT2D eigenvalue weighted by Gasteiger charge is 2.59. The Morgan fingerprint density at radius 2 is 1.89 bits per heavy atom. The third kappa shape index (κ3) is 8.64. The maximum atomic E-state index is 16.8. The zero-order valence-electron chi connectivity index (χ0n) is 25.8. The molecule has 44 heavy (non-hydrogen) atoms. The van der Waals surface area contributed by atoms with Crippen LogP contribution in [0.15, 0.2) is 64.8 Å². The van der Waals surface area contributed by atoms with E-state index in [0.29, 0.717) is 24.6 Å². The minimum atomic E-state index is -4.32. The van der Waals surface area contributed by atoms with Gasteiger partial charge in [-0.2, -0.15) is 5.09 Å². The molecule has 0 bridgehead atoms. The highest BCUT2D eigenvalue weighted by molar-refractivity contribution is 7.52. The van der Waals surface area contributed by atoms with Gasteiger partial charge in [0.2, 0.25) is 0 Å². The summed E-state index contributed by atoms with van der Waals surface area (Å²) in [5.74, 6) is -0.498. The number of alkyl halides is 1. The molecular weight excluding hydrogens is 612 g/mol. The average molecular weight is 656 g/mol. The van der Waals surface area contributed by atoms with Gasteiger partial charge in [0.25, 0.3) is 5.56 Å². The molecule has 0 amide bonds. The summed E-state index contributed by atoms with van der Waals surface area (Å²) in [6.45, 7) is 11.9. The maximum Gasteiger partial charge on any atom is 0.459 e. The summed E-state index contributed by atoms with van der Waals surface area (Å²) in [6.07, 6.45) is -0.702. The number of hydrogen-bond acceptors (Lipinski definition) is 9. The lowest BCUT2D eigenvalue weighted by Gasteiger charge is -2.37. The summed E-state index contributed by atoms with van der Waals surface area (Å²) in [6, 6.07) is 10.3. The number of hydrogen-bond donors (Lipinski definition) is 2. The van der Waals surface area contributed by atoms with E-state index in [1.807, 2.05) is 20.8 Å². The van der Waals surface area contributed by atoms with E-state index in [1.54, 1.807) is 36.4 Å². The van der Waals surface area contributed by atoms with E-state index in [0.717, 1.165) is 16.8 Å². The normalized spacial score (nSPS) is 23.9. The van der Waals surface area contributed by atoms with Gasteiger partial charge in [-0.3, -0.25) is 23.7 Å². The Morgan fingerprint density at radius 3 is 2.48 bits per heavy atom. The van der Waals surface area contributed by atoms with Gasteiger partial charge in [-0.15, -0.1) is 6.58 Å². The quantitative estimate of drug-likeness (QED) is 0.0797. The Kier molecular flexibility index (Phi) is 12.5. The lowest BCUT2D eigenvalue weighted by Crippen LogP contribution is -2.51. The molecule has 6 atom stereocenters. The third-order valence-corrected chi connectivity index (χ3v) is 14.0. The Labute approximate surface area is 257 Å². The molecule has 0 aliphatic carbocycles. The Balaban J connectivity index is 1.95. The van der Waals surface area contributed by atoms with Crippen molar-refractivity contribution in [3.63, 3.8) is 0 Å². The molecule has 3 rings (SSSR count). The molecule has 1 aromatic carbocycles. The number of aromatic nitrogens is 2. The highest BCUT2D eigenvalue weighted by Crippen LogP contribution is 2.49. The smallest absolute Gasteiger partial charge is 0.459 e. The molecule has 244 valence electrons. The zero-order chi connectivity index (χ0) is 32.5. The van der Waals surface area contributed by atoms with E-state index in [4.69, 9.17) is 22.9 Å². The van der Waals surface area contributed by atoms with Gasteiger partial charge in [-0.05, 0) is 50.5 Å². The predicted molar refractivity (Wildman–Crippen MR) is 166 cm³/mol. The van der Waals surface area contributed by atoms with Crippen molar-refractivity contribution in [3.8, 4) is 5.75 Å². The van der Waals surface area contributed by atoms with Crippen LogP contribution in [0.2, 0.25) is 18.1 Å². The third-order valence-electron chi connectivity index (χ3n) is 7.74. The number of aromatic amines is 1. The zero-order valence-corrected chi connectivity index (χ0v) is 27.7. The fraction of sp³-hybridized carbons (Fsp3) is 0.552. The second-order valence-electron chi connectivity index (χ2n) is 10.8. The number of nitrogens with zero attached hydrogens (tertiary/aromatic N) is 1. The lowest BCUT2D eigenvalue weighted by molar-refractivity contribution is -0.145. The summed E-state index contributed by atoms with van der Waals surface area (Å²) < 4.78 is 61.3.